The van der Waals surface area contributed by atoms with Gasteiger partial charge in [0, 0.05) is 18.8 Å². The number of hydrogen-bond acceptors (Lipinski definition) is 3. The Bertz CT molecular complexity index is 896. The SMILES string of the molecule is CC(C)(C(=O)Nc1cccc(C#N)c1)C(=O)N1CCc2ccccc2C1. The minimum Gasteiger partial charge on any atom is -0.337 e. The first-order valence-electron chi connectivity index (χ1n) is 8.59. The first kappa shape index (κ1) is 17.7. The van der Waals surface area contributed by atoms with E-state index in [9.17, 15) is 9.59 Å². The molecule has 0 saturated carbocycles. The van der Waals surface area contributed by atoms with Crippen LogP contribution in [0.5, 0.6) is 0 Å². The lowest BCUT2D eigenvalue weighted by atomic mass is 9.88. The number of nitriles is 1. The van der Waals surface area contributed by atoms with Crippen molar-refractivity contribution in [3.63, 3.8) is 0 Å². The van der Waals surface area contributed by atoms with Crippen LogP contribution in [0.4, 0.5) is 5.69 Å². The number of carbonyl (C=O) groups is 2. The highest BCUT2D eigenvalue weighted by molar-refractivity contribution is 6.09. The van der Waals surface area contributed by atoms with E-state index in [-0.39, 0.29) is 11.8 Å². The number of fused-ring (bicyclic) bond motifs is 1. The van der Waals surface area contributed by atoms with Crippen LogP contribution in [0, 0.1) is 16.7 Å². The van der Waals surface area contributed by atoms with Gasteiger partial charge in [-0.3, -0.25) is 9.59 Å². The van der Waals surface area contributed by atoms with Crippen molar-refractivity contribution in [2.24, 2.45) is 5.41 Å². The summed E-state index contributed by atoms with van der Waals surface area (Å²) >= 11 is 0. The number of nitrogens with one attached hydrogen (secondary N) is 1. The van der Waals surface area contributed by atoms with Gasteiger partial charge in [-0.05, 0) is 49.6 Å². The molecule has 5 heteroatoms. The molecule has 1 aliphatic heterocycles. The Hall–Kier alpha value is -3.13. The number of nitrogens with zero attached hydrogens (tertiary/aromatic N) is 2. The molecule has 0 unspecified atom stereocenters. The minimum atomic E-state index is -1.20. The van der Waals surface area contributed by atoms with E-state index in [0.717, 1.165) is 12.0 Å². The third-order valence-corrected chi connectivity index (χ3v) is 4.77. The lowest BCUT2D eigenvalue weighted by molar-refractivity contribution is -0.147. The van der Waals surface area contributed by atoms with Crippen molar-refractivity contribution >= 4 is 17.5 Å². The molecule has 0 radical (unpaired) electrons. The van der Waals surface area contributed by atoms with E-state index in [4.69, 9.17) is 5.26 Å². The van der Waals surface area contributed by atoms with Gasteiger partial charge in [0.15, 0.2) is 0 Å². The van der Waals surface area contributed by atoms with E-state index in [0.29, 0.717) is 24.3 Å². The third-order valence-electron chi connectivity index (χ3n) is 4.77. The summed E-state index contributed by atoms with van der Waals surface area (Å²) in [6.07, 6.45) is 0.795. The number of carbonyl (C=O) groups excluding carboxylic acids is 2. The largest absolute Gasteiger partial charge is 0.337 e. The maximum Gasteiger partial charge on any atom is 0.239 e. The Morgan fingerprint density at radius 3 is 2.58 bits per heavy atom. The van der Waals surface area contributed by atoms with Gasteiger partial charge in [0.1, 0.15) is 5.41 Å². The van der Waals surface area contributed by atoms with Crippen molar-refractivity contribution < 1.29 is 9.59 Å². The van der Waals surface area contributed by atoms with Crippen LogP contribution in [0.2, 0.25) is 0 Å². The predicted molar refractivity (Wildman–Crippen MR) is 99.1 cm³/mol. The molecule has 0 fully saturated rings. The van der Waals surface area contributed by atoms with Gasteiger partial charge in [-0.25, -0.2) is 0 Å². The highest BCUT2D eigenvalue weighted by Gasteiger charge is 2.40. The lowest BCUT2D eigenvalue weighted by Crippen LogP contribution is -2.48. The van der Waals surface area contributed by atoms with E-state index in [1.807, 2.05) is 24.3 Å². The summed E-state index contributed by atoms with van der Waals surface area (Å²) in [5, 5.41) is 11.7. The van der Waals surface area contributed by atoms with E-state index in [1.54, 1.807) is 43.0 Å². The predicted octanol–water partition coefficient (Wildman–Crippen LogP) is 3.11. The molecule has 2 amide bonds. The highest BCUT2D eigenvalue weighted by Crippen LogP contribution is 2.26. The second-order valence-corrected chi connectivity index (χ2v) is 7.02. The summed E-state index contributed by atoms with van der Waals surface area (Å²) in [6.45, 7) is 4.41. The zero-order valence-electron chi connectivity index (χ0n) is 15.0. The zero-order chi connectivity index (χ0) is 18.7. The Morgan fingerprint density at radius 1 is 1.12 bits per heavy atom. The molecule has 3 rings (SSSR count). The maximum atomic E-state index is 13.0. The summed E-state index contributed by atoms with van der Waals surface area (Å²) in [5.74, 6) is -0.572. The molecule has 1 aliphatic rings. The fourth-order valence-electron chi connectivity index (χ4n) is 3.12. The molecule has 0 aromatic heterocycles. The Kier molecular flexibility index (Phi) is 4.77. The summed E-state index contributed by atoms with van der Waals surface area (Å²) in [7, 11) is 0. The fourth-order valence-corrected chi connectivity index (χ4v) is 3.12. The number of hydrogen-bond donors (Lipinski definition) is 1. The Balaban J connectivity index is 1.73. The van der Waals surface area contributed by atoms with Gasteiger partial charge < -0.3 is 10.2 Å². The Morgan fingerprint density at radius 2 is 1.85 bits per heavy atom. The molecular formula is C21H21N3O2. The van der Waals surface area contributed by atoms with Crippen LogP contribution in [0.3, 0.4) is 0 Å². The van der Waals surface area contributed by atoms with E-state index < -0.39 is 5.41 Å². The smallest absolute Gasteiger partial charge is 0.239 e. The van der Waals surface area contributed by atoms with Gasteiger partial charge in [0.25, 0.3) is 0 Å². The van der Waals surface area contributed by atoms with Gasteiger partial charge in [0.2, 0.25) is 11.8 Å². The average Bonchev–Trinajstić information content (AvgIpc) is 2.67. The van der Waals surface area contributed by atoms with Crippen LogP contribution in [0.1, 0.15) is 30.5 Å². The molecule has 26 heavy (non-hydrogen) atoms. The number of anilines is 1. The minimum absolute atomic E-state index is 0.194. The molecule has 132 valence electrons. The molecule has 1 N–H and O–H groups in total. The van der Waals surface area contributed by atoms with Crippen LogP contribution in [0.25, 0.3) is 0 Å². The maximum absolute atomic E-state index is 13.0. The van der Waals surface area contributed by atoms with E-state index >= 15 is 0 Å². The molecule has 1 heterocycles. The van der Waals surface area contributed by atoms with Crippen molar-refractivity contribution in [3.8, 4) is 6.07 Å². The number of benzene rings is 2. The van der Waals surface area contributed by atoms with E-state index in [1.165, 1.54) is 5.56 Å². The molecule has 2 aromatic carbocycles. The van der Waals surface area contributed by atoms with Crippen LogP contribution < -0.4 is 5.32 Å². The molecule has 0 bridgehead atoms. The van der Waals surface area contributed by atoms with Crippen LogP contribution in [-0.4, -0.2) is 23.3 Å². The van der Waals surface area contributed by atoms with Gasteiger partial charge in [-0.2, -0.15) is 5.26 Å². The monoisotopic (exact) mass is 347 g/mol. The first-order valence-corrected chi connectivity index (χ1v) is 8.59. The average molecular weight is 347 g/mol. The Labute approximate surface area is 153 Å². The second-order valence-electron chi connectivity index (χ2n) is 7.02. The van der Waals surface area contributed by atoms with Gasteiger partial charge in [0.05, 0.1) is 11.6 Å². The normalized spacial score (nSPS) is 13.5. The summed E-state index contributed by atoms with van der Waals surface area (Å²) in [4.78, 5) is 27.5. The van der Waals surface area contributed by atoms with Crippen molar-refractivity contribution in [2.45, 2.75) is 26.8 Å². The van der Waals surface area contributed by atoms with Gasteiger partial charge in [-0.15, -0.1) is 0 Å². The lowest BCUT2D eigenvalue weighted by Gasteiger charge is -2.34. The van der Waals surface area contributed by atoms with Crippen LogP contribution in [-0.2, 0) is 22.6 Å². The molecular weight excluding hydrogens is 326 g/mol. The van der Waals surface area contributed by atoms with Gasteiger partial charge in [-0.1, -0.05) is 30.3 Å². The van der Waals surface area contributed by atoms with Crippen LogP contribution >= 0.6 is 0 Å². The highest BCUT2D eigenvalue weighted by atomic mass is 16.2. The van der Waals surface area contributed by atoms with Gasteiger partial charge >= 0.3 is 0 Å². The van der Waals surface area contributed by atoms with Crippen molar-refractivity contribution in [1.29, 1.82) is 5.26 Å². The molecule has 2 aromatic rings. The standard InChI is InChI=1S/C21H21N3O2/c1-21(2,19(25)23-18-9-5-6-15(12-18)13-22)20(26)24-11-10-16-7-3-4-8-17(16)14-24/h3-9,12H,10-11,14H2,1-2H3,(H,23,25). The zero-order valence-corrected chi connectivity index (χ0v) is 15.0. The number of rotatable bonds is 3. The van der Waals surface area contributed by atoms with Crippen molar-refractivity contribution in [3.05, 3.63) is 65.2 Å². The molecule has 0 atom stereocenters. The summed E-state index contributed by atoms with van der Waals surface area (Å²) in [6, 6.07) is 16.8. The van der Waals surface area contributed by atoms with Crippen molar-refractivity contribution in [2.75, 3.05) is 11.9 Å². The molecule has 0 aliphatic carbocycles. The van der Waals surface area contributed by atoms with Crippen LogP contribution in [0.15, 0.2) is 48.5 Å². The first-order chi connectivity index (χ1) is 12.4. The number of amides is 2. The fraction of sp³-hybridized carbons (Fsp3) is 0.286. The summed E-state index contributed by atoms with van der Waals surface area (Å²) in [5.41, 5.74) is 2.16. The molecule has 5 nitrogen and oxygen atoms in total. The molecule has 0 saturated heterocycles. The van der Waals surface area contributed by atoms with E-state index in [2.05, 4.69) is 11.4 Å². The quantitative estimate of drug-likeness (QED) is 0.867. The second kappa shape index (κ2) is 7.01. The topological polar surface area (TPSA) is 73.2 Å². The summed E-state index contributed by atoms with van der Waals surface area (Å²) < 4.78 is 0. The third kappa shape index (κ3) is 3.45. The molecule has 0 spiro atoms. The van der Waals surface area contributed by atoms with Crippen molar-refractivity contribution in [1.82, 2.24) is 4.90 Å².